The van der Waals surface area contributed by atoms with Crippen molar-refractivity contribution in [2.75, 3.05) is 13.1 Å². The third-order valence-corrected chi connectivity index (χ3v) is 5.41. The molecule has 4 aliphatic heterocycles. The van der Waals surface area contributed by atoms with Gasteiger partial charge < -0.3 is 9.47 Å². The molecule has 0 aromatic heterocycles. The molecule has 0 N–H and O–H groups in total. The summed E-state index contributed by atoms with van der Waals surface area (Å²) in [5, 5.41) is 0. The summed E-state index contributed by atoms with van der Waals surface area (Å²) in [6.45, 7) is 6.28. The number of hydrogen-bond acceptors (Lipinski definition) is 4. The Kier molecular flexibility index (Phi) is 2.93. The van der Waals surface area contributed by atoms with Gasteiger partial charge in [0.1, 0.15) is 11.9 Å². The van der Waals surface area contributed by atoms with Gasteiger partial charge in [0.2, 0.25) is 0 Å². The molecule has 0 amide bonds. The summed E-state index contributed by atoms with van der Waals surface area (Å²) in [6, 6.07) is 0.404. The first-order valence-electron chi connectivity index (χ1n) is 7.98. The van der Waals surface area contributed by atoms with Gasteiger partial charge in [0.05, 0.1) is 23.7 Å². The van der Waals surface area contributed by atoms with E-state index in [1.807, 2.05) is 6.92 Å². The molecule has 4 heteroatoms. The second-order valence-corrected chi connectivity index (χ2v) is 6.71. The Morgan fingerprint density at radius 1 is 1.20 bits per heavy atom. The van der Waals surface area contributed by atoms with Crippen LogP contribution in [0.3, 0.4) is 0 Å². The average molecular weight is 277 g/mol. The van der Waals surface area contributed by atoms with Crippen LogP contribution in [0.5, 0.6) is 0 Å². The van der Waals surface area contributed by atoms with Crippen LogP contribution in [-0.2, 0) is 14.3 Å². The van der Waals surface area contributed by atoms with E-state index in [1.165, 1.54) is 6.42 Å². The van der Waals surface area contributed by atoms with Crippen LogP contribution in [0.2, 0.25) is 0 Å². The number of carbonyl (C=O) groups excluding carboxylic acids is 1. The van der Waals surface area contributed by atoms with Gasteiger partial charge in [-0.3, -0.25) is 9.69 Å². The molecule has 110 valence electrons. The Morgan fingerprint density at radius 3 is 2.90 bits per heavy atom. The number of hydrogen-bond donors (Lipinski definition) is 0. The quantitative estimate of drug-likeness (QED) is 0.678. The van der Waals surface area contributed by atoms with Crippen molar-refractivity contribution in [1.29, 1.82) is 0 Å². The van der Waals surface area contributed by atoms with E-state index in [0.717, 1.165) is 43.7 Å². The summed E-state index contributed by atoms with van der Waals surface area (Å²) in [6.07, 6.45) is 4.26. The SMILES string of the molecule is C[C@@H]1CC2=C(C(=O)[C@@H]3[C@@H](CCN4CCC[C@@H]34)O2)[C@H](C)O1. The number of carbonyl (C=O) groups is 1. The molecule has 4 heterocycles. The van der Waals surface area contributed by atoms with Crippen molar-refractivity contribution in [3.63, 3.8) is 0 Å². The molecule has 0 aromatic carbocycles. The summed E-state index contributed by atoms with van der Waals surface area (Å²) in [7, 11) is 0. The fourth-order valence-corrected chi connectivity index (χ4v) is 4.61. The Hall–Kier alpha value is -0.870. The minimum absolute atomic E-state index is 0.0458. The van der Waals surface area contributed by atoms with Crippen LogP contribution in [0.25, 0.3) is 0 Å². The molecule has 4 rings (SSSR count). The van der Waals surface area contributed by atoms with Crippen LogP contribution in [0.4, 0.5) is 0 Å². The van der Waals surface area contributed by atoms with Crippen molar-refractivity contribution in [3.05, 3.63) is 11.3 Å². The van der Waals surface area contributed by atoms with Crippen LogP contribution in [0, 0.1) is 5.92 Å². The standard InChI is InChI=1S/C16H23NO3/c1-9-8-13-14(10(2)19-9)16(18)15-11-4-3-6-17(11)7-5-12(15)20-13/h9-12,15H,3-8H2,1-2H3/t9-,10+,11+,12-,15+/m1/s1. The molecular weight excluding hydrogens is 254 g/mol. The average Bonchev–Trinajstić information content (AvgIpc) is 2.85. The van der Waals surface area contributed by atoms with Crippen molar-refractivity contribution >= 4 is 5.78 Å². The maximum atomic E-state index is 13.0. The number of nitrogens with zero attached hydrogens (tertiary/aromatic N) is 1. The predicted molar refractivity (Wildman–Crippen MR) is 74.2 cm³/mol. The molecule has 0 spiro atoms. The first-order valence-corrected chi connectivity index (χ1v) is 7.98. The summed E-state index contributed by atoms with van der Waals surface area (Å²) in [5.74, 6) is 1.28. The van der Waals surface area contributed by atoms with Crippen LogP contribution in [0.1, 0.15) is 39.5 Å². The lowest BCUT2D eigenvalue weighted by Crippen LogP contribution is -2.55. The molecule has 0 unspecified atom stereocenters. The zero-order valence-electron chi connectivity index (χ0n) is 12.3. The second kappa shape index (κ2) is 4.57. The van der Waals surface area contributed by atoms with Gasteiger partial charge in [-0.05, 0) is 39.7 Å². The number of piperidine rings is 1. The van der Waals surface area contributed by atoms with Gasteiger partial charge in [0.25, 0.3) is 0 Å². The minimum atomic E-state index is -0.112. The summed E-state index contributed by atoms with van der Waals surface area (Å²) in [5.41, 5.74) is 0.832. The largest absolute Gasteiger partial charge is 0.493 e. The normalized spacial score (nSPS) is 44.7. The predicted octanol–water partition coefficient (Wildman–Crippen LogP) is 1.89. The van der Waals surface area contributed by atoms with E-state index in [2.05, 4.69) is 11.8 Å². The van der Waals surface area contributed by atoms with E-state index in [1.54, 1.807) is 0 Å². The van der Waals surface area contributed by atoms with Gasteiger partial charge in [-0.2, -0.15) is 0 Å². The Bertz CT molecular complexity index is 472. The highest BCUT2D eigenvalue weighted by Gasteiger charge is 2.51. The van der Waals surface area contributed by atoms with Crippen LogP contribution < -0.4 is 0 Å². The van der Waals surface area contributed by atoms with E-state index in [4.69, 9.17) is 9.47 Å². The molecule has 4 nitrogen and oxygen atoms in total. The molecule has 2 saturated heterocycles. The van der Waals surface area contributed by atoms with Crippen LogP contribution in [-0.4, -0.2) is 48.1 Å². The summed E-state index contributed by atoms with van der Waals surface area (Å²) in [4.78, 5) is 15.5. The Labute approximate surface area is 120 Å². The first kappa shape index (κ1) is 12.8. The number of ketones is 1. The zero-order valence-corrected chi connectivity index (χ0v) is 12.3. The summed E-state index contributed by atoms with van der Waals surface area (Å²) < 4.78 is 12.1. The minimum Gasteiger partial charge on any atom is -0.493 e. The molecule has 0 aliphatic carbocycles. The van der Waals surface area contributed by atoms with Crippen molar-refractivity contribution in [3.8, 4) is 0 Å². The molecule has 0 saturated carbocycles. The van der Waals surface area contributed by atoms with Crippen LogP contribution in [0.15, 0.2) is 11.3 Å². The van der Waals surface area contributed by atoms with Crippen LogP contribution >= 0.6 is 0 Å². The lowest BCUT2D eigenvalue weighted by molar-refractivity contribution is -0.139. The third-order valence-electron chi connectivity index (χ3n) is 5.41. The van der Waals surface area contributed by atoms with E-state index in [9.17, 15) is 4.79 Å². The molecule has 5 atom stereocenters. The summed E-state index contributed by atoms with van der Waals surface area (Å²) >= 11 is 0. The Balaban J connectivity index is 1.70. The number of fused-ring (bicyclic) bond motifs is 3. The molecule has 0 radical (unpaired) electrons. The second-order valence-electron chi connectivity index (χ2n) is 6.71. The highest BCUT2D eigenvalue weighted by Crippen LogP contribution is 2.43. The number of ether oxygens (including phenoxy) is 2. The first-order chi connectivity index (χ1) is 9.65. The monoisotopic (exact) mass is 277 g/mol. The lowest BCUT2D eigenvalue weighted by Gasteiger charge is -2.46. The van der Waals surface area contributed by atoms with Crippen molar-refractivity contribution in [2.45, 2.75) is 63.9 Å². The van der Waals surface area contributed by atoms with Gasteiger partial charge in [-0.25, -0.2) is 0 Å². The van der Waals surface area contributed by atoms with E-state index < -0.39 is 0 Å². The molecule has 2 fully saturated rings. The molecule has 20 heavy (non-hydrogen) atoms. The molecular formula is C16H23NO3. The van der Waals surface area contributed by atoms with Gasteiger partial charge >= 0.3 is 0 Å². The van der Waals surface area contributed by atoms with Crippen molar-refractivity contribution < 1.29 is 14.3 Å². The van der Waals surface area contributed by atoms with Crippen molar-refractivity contribution in [1.82, 2.24) is 4.90 Å². The van der Waals surface area contributed by atoms with Gasteiger partial charge in [-0.1, -0.05) is 0 Å². The van der Waals surface area contributed by atoms with E-state index in [-0.39, 0.29) is 24.2 Å². The van der Waals surface area contributed by atoms with Gasteiger partial charge in [0, 0.05) is 19.0 Å². The topological polar surface area (TPSA) is 38.8 Å². The van der Waals surface area contributed by atoms with Crippen molar-refractivity contribution in [2.24, 2.45) is 5.92 Å². The highest BCUT2D eigenvalue weighted by atomic mass is 16.5. The number of Topliss-reactive ketones (excluding diaryl/α,β-unsaturated/α-hetero) is 1. The highest BCUT2D eigenvalue weighted by molar-refractivity contribution is 6.00. The van der Waals surface area contributed by atoms with E-state index in [0.29, 0.717) is 11.8 Å². The molecule has 0 aromatic rings. The van der Waals surface area contributed by atoms with Gasteiger partial charge in [-0.15, -0.1) is 0 Å². The maximum absolute atomic E-state index is 13.0. The Morgan fingerprint density at radius 2 is 2.05 bits per heavy atom. The molecule has 4 aliphatic rings. The number of rotatable bonds is 0. The zero-order chi connectivity index (χ0) is 13.9. The fourth-order valence-electron chi connectivity index (χ4n) is 4.61. The fraction of sp³-hybridized carbons (Fsp3) is 0.812. The van der Waals surface area contributed by atoms with Gasteiger partial charge in [0.15, 0.2) is 5.78 Å². The molecule has 0 bridgehead atoms. The van der Waals surface area contributed by atoms with E-state index >= 15 is 0 Å². The lowest BCUT2D eigenvalue weighted by atomic mass is 9.77. The third kappa shape index (κ3) is 1.77. The smallest absolute Gasteiger partial charge is 0.173 e. The maximum Gasteiger partial charge on any atom is 0.173 e.